The second kappa shape index (κ2) is 9.36. The fraction of sp³-hybridized carbons (Fsp3) is 0.250. The first-order chi connectivity index (χ1) is 12.5. The highest BCUT2D eigenvalue weighted by molar-refractivity contribution is 5.89. The standard InChI is InChI=1S/C20H23N3O3/c1-14-4-6-17(7-5-14)13-21-23-20(25)15(2)22-19(24)12-16-8-10-18(26-3)11-9-16/h4-11,13,15H,12H2,1-3H3,(H,22,24)(H,23,25). The van der Waals surface area contributed by atoms with Crippen LogP contribution in [-0.4, -0.2) is 31.2 Å². The van der Waals surface area contributed by atoms with Crippen molar-refractivity contribution < 1.29 is 14.3 Å². The summed E-state index contributed by atoms with van der Waals surface area (Å²) in [6.45, 7) is 3.61. The van der Waals surface area contributed by atoms with Gasteiger partial charge >= 0.3 is 0 Å². The maximum Gasteiger partial charge on any atom is 0.262 e. The van der Waals surface area contributed by atoms with Crippen LogP contribution >= 0.6 is 0 Å². The number of nitrogens with one attached hydrogen (secondary N) is 2. The Kier molecular flexibility index (Phi) is 6.91. The molecule has 2 N–H and O–H groups in total. The first kappa shape index (κ1) is 19.2. The van der Waals surface area contributed by atoms with Gasteiger partial charge in [0.05, 0.1) is 19.7 Å². The zero-order valence-corrected chi connectivity index (χ0v) is 15.2. The molecule has 0 aliphatic rings. The van der Waals surface area contributed by atoms with Crippen LogP contribution in [0.4, 0.5) is 0 Å². The van der Waals surface area contributed by atoms with Crippen molar-refractivity contribution >= 4 is 18.0 Å². The maximum absolute atomic E-state index is 12.0. The van der Waals surface area contributed by atoms with E-state index >= 15 is 0 Å². The van der Waals surface area contributed by atoms with E-state index < -0.39 is 6.04 Å². The number of amides is 2. The summed E-state index contributed by atoms with van der Waals surface area (Å²) in [5.41, 5.74) is 5.30. The summed E-state index contributed by atoms with van der Waals surface area (Å²) < 4.78 is 5.08. The third-order valence-corrected chi connectivity index (χ3v) is 3.76. The maximum atomic E-state index is 12.0. The molecule has 136 valence electrons. The van der Waals surface area contributed by atoms with Gasteiger partial charge in [-0.15, -0.1) is 0 Å². The van der Waals surface area contributed by atoms with E-state index in [1.807, 2.05) is 43.3 Å². The van der Waals surface area contributed by atoms with Gasteiger partial charge in [0.25, 0.3) is 5.91 Å². The van der Waals surface area contributed by atoms with Crippen LogP contribution in [0, 0.1) is 6.92 Å². The van der Waals surface area contributed by atoms with Crippen molar-refractivity contribution in [1.29, 1.82) is 0 Å². The molecule has 2 rings (SSSR count). The van der Waals surface area contributed by atoms with E-state index in [4.69, 9.17) is 4.74 Å². The van der Waals surface area contributed by atoms with Crippen LogP contribution in [0.15, 0.2) is 53.6 Å². The number of rotatable bonds is 7. The topological polar surface area (TPSA) is 79.8 Å². The molecule has 2 aromatic carbocycles. The Morgan fingerprint density at radius 2 is 1.77 bits per heavy atom. The summed E-state index contributed by atoms with van der Waals surface area (Å²) >= 11 is 0. The molecular formula is C20H23N3O3. The van der Waals surface area contributed by atoms with Crippen molar-refractivity contribution in [2.75, 3.05) is 7.11 Å². The van der Waals surface area contributed by atoms with E-state index in [1.165, 1.54) is 0 Å². The smallest absolute Gasteiger partial charge is 0.262 e. The zero-order chi connectivity index (χ0) is 18.9. The van der Waals surface area contributed by atoms with Crippen LogP contribution in [0.1, 0.15) is 23.6 Å². The van der Waals surface area contributed by atoms with E-state index in [2.05, 4.69) is 15.8 Å². The molecule has 0 saturated heterocycles. The molecule has 0 heterocycles. The lowest BCUT2D eigenvalue weighted by molar-refractivity contribution is -0.128. The third-order valence-electron chi connectivity index (χ3n) is 3.76. The highest BCUT2D eigenvalue weighted by atomic mass is 16.5. The number of carbonyl (C=O) groups excluding carboxylic acids is 2. The molecule has 2 aromatic rings. The highest BCUT2D eigenvalue weighted by Crippen LogP contribution is 2.11. The van der Waals surface area contributed by atoms with Crippen molar-refractivity contribution in [3.63, 3.8) is 0 Å². The minimum Gasteiger partial charge on any atom is -0.497 e. The number of aryl methyl sites for hydroxylation is 1. The van der Waals surface area contributed by atoms with E-state index in [-0.39, 0.29) is 18.2 Å². The number of carbonyl (C=O) groups is 2. The third kappa shape index (κ3) is 6.05. The lowest BCUT2D eigenvalue weighted by Crippen LogP contribution is -2.43. The van der Waals surface area contributed by atoms with E-state index in [0.29, 0.717) is 0 Å². The summed E-state index contributed by atoms with van der Waals surface area (Å²) in [5.74, 6) is 0.116. The molecule has 26 heavy (non-hydrogen) atoms. The summed E-state index contributed by atoms with van der Waals surface area (Å²) in [7, 11) is 1.59. The van der Waals surface area contributed by atoms with Gasteiger partial charge in [0.1, 0.15) is 11.8 Å². The molecule has 0 saturated carbocycles. The molecule has 0 aromatic heterocycles. The van der Waals surface area contributed by atoms with Crippen LogP contribution in [0.25, 0.3) is 0 Å². The molecule has 6 heteroatoms. The second-order valence-electron chi connectivity index (χ2n) is 5.96. The second-order valence-corrected chi connectivity index (χ2v) is 5.96. The fourth-order valence-electron chi connectivity index (χ4n) is 2.21. The predicted octanol–water partition coefficient (Wildman–Crippen LogP) is 2.20. The predicted molar refractivity (Wildman–Crippen MR) is 101 cm³/mol. The molecule has 0 fully saturated rings. The number of hydrazone groups is 1. The Labute approximate surface area is 153 Å². The normalized spacial score (nSPS) is 11.8. The minimum absolute atomic E-state index is 0.189. The summed E-state index contributed by atoms with van der Waals surface area (Å²) in [4.78, 5) is 24.1. The Balaban J connectivity index is 1.79. The SMILES string of the molecule is COc1ccc(CC(=O)NC(C)C(=O)NN=Cc2ccc(C)cc2)cc1. The van der Waals surface area contributed by atoms with Gasteiger partial charge in [-0.2, -0.15) is 5.10 Å². The van der Waals surface area contributed by atoms with E-state index in [0.717, 1.165) is 22.4 Å². The largest absolute Gasteiger partial charge is 0.497 e. The van der Waals surface area contributed by atoms with Crippen molar-refractivity contribution in [1.82, 2.24) is 10.7 Å². The van der Waals surface area contributed by atoms with Gasteiger partial charge in [0, 0.05) is 0 Å². The van der Waals surface area contributed by atoms with Gasteiger partial charge in [0.15, 0.2) is 0 Å². The summed E-state index contributed by atoms with van der Waals surface area (Å²) in [6.07, 6.45) is 1.75. The van der Waals surface area contributed by atoms with E-state index in [9.17, 15) is 9.59 Å². The number of hydrogen-bond acceptors (Lipinski definition) is 4. The van der Waals surface area contributed by atoms with Gasteiger partial charge in [0.2, 0.25) is 5.91 Å². The van der Waals surface area contributed by atoms with Crippen LogP contribution in [0.5, 0.6) is 5.75 Å². The van der Waals surface area contributed by atoms with Gasteiger partial charge in [-0.25, -0.2) is 5.43 Å². The Morgan fingerprint density at radius 1 is 1.12 bits per heavy atom. The summed E-state index contributed by atoms with van der Waals surface area (Å²) in [6, 6.07) is 14.3. The first-order valence-electron chi connectivity index (χ1n) is 8.30. The first-order valence-corrected chi connectivity index (χ1v) is 8.30. The Morgan fingerprint density at radius 3 is 2.38 bits per heavy atom. The molecule has 0 radical (unpaired) electrons. The van der Waals surface area contributed by atoms with Crippen molar-refractivity contribution in [3.8, 4) is 5.75 Å². The highest BCUT2D eigenvalue weighted by Gasteiger charge is 2.15. The number of nitrogens with zero attached hydrogens (tertiary/aromatic N) is 1. The molecule has 0 aliphatic heterocycles. The Bertz CT molecular complexity index is 768. The fourth-order valence-corrected chi connectivity index (χ4v) is 2.21. The summed E-state index contributed by atoms with van der Waals surface area (Å²) in [5, 5.41) is 6.57. The van der Waals surface area contributed by atoms with Gasteiger partial charge in [-0.3, -0.25) is 9.59 Å². The van der Waals surface area contributed by atoms with Crippen LogP contribution < -0.4 is 15.5 Å². The molecule has 0 aliphatic carbocycles. The van der Waals surface area contributed by atoms with Gasteiger partial charge in [-0.05, 0) is 37.1 Å². The number of methoxy groups -OCH3 is 1. The van der Waals surface area contributed by atoms with E-state index in [1.54, 1.807) is 32.4 Å². The minimum atomic E-state index is -0.684. The van der Waals surface area contributed by atoms with Crippen molar-refractivity contribution in [2.45, 2.75) is 26.3 Å². The number of ether oxygens (including phenoxy) is 1. The molecule has 2 amide bonds. The number of hydrogen-bond donors (Lipinski definition) is 2. The lowest BCUT2D eigenvalue weighted by atomic mass is 10.1. The average Bonchev–Trinajstić information content (AvgIpc) is 2.63. The van der Waals surface area contributed by atoms with Gasteiger partial charge in [-0.1, -0.05) is 42.0 Å². The van der Waals surface area contributed by atoms with Crippen molar-refractivity contribution in [2.24, 2.45) is 5.10 Å². The van der Waals surface area contributed by atoms with Crippen LogP contribution in [-0.2, 0) is 16.0 Å². The quantitative estimate of drug-likeness (QED) is 0.592. The lowest BCUT2D eigenvalue weighted by Gasteiger charge is -2.12. The zero-order valence-electron chi connectivity index (χ0n) is 15.2. The van der Waals surface area contributed by atoms with Crippen LogP contribution in [0.2, 0.25) is 0 Å². The molecule has 0 spiro atoms. The molecular weight excluding hydrogens is 330 g/mol. The molecule has 1 unspecified atom stereocenters. The van der Waals surface area contributed by atoms with Crippen molar-refractivity contribution in [3.05, 3.63) is 65.2 Å². The molecule has 1 atom stereocenters. The molecule has 0 bridgehead atoms. The van der Waals surface area contributed by atoms with Gasteiger partial charge < -0.3 is 10.1 Å². The number of benzene rings is 2. The van der Waals surface area contributed by atoms with Crippen LogP contribution in [0.3, 0.4) is 0 Å². The Hall–Kier alpha value is -3.15. The monoisotopic (exact) mass is 353 g/mol. The molecule has 6 nitrogen and oxygen atoms in total. The average molecular weight is 353 g/mol.